The van der Waals surface area contributed by atoms with Crippen molar-refractivity contribution in [1.29, 1.82) is 0 Å². The first-order valence-corrected chi connectivity index (χ1v) is 9.57. The van der Waals surface area contributed by atoms with Crippen LogP contribution in [0.25, 0.3) is 22.3 Å². The van der Waals surface area contributed by atoms with E-state index >= 15 is 0 Å². The van der Waals surface area contributed by atoms with Crippen LogP contribution in [0.5, 0.6) is 0 Å². The van der Waals surface area contributed by atoms with Gasteiger partial charge in [0.25, 0.3) is 5.91 Å². The summed E-state index contributed by atoms with van der Waals surface area (Å²) < 4.78 is 40.0. The number of carbonyl (C=O) groups is 1. The van der Waals surface area contributed by atoms with Crippen LogP contribution in [0.4, 0.5) is 13.2 Å². The maximum Gasteiger partial charge on any atom is 0.406 e. The molecule has 9 heteroatoms. The predicted molar refractivity (Wildman–Crippen MR) is 104 cm³/mol. The zero-order valence-electron chi connectivity index (χ0n) is 16.3. The monoisotopic (exact) mass is 410 g/mol. The second-order valence-electron chi connectivity index (χ2n) is 7.08. The number of fused-ring (bicyclic) bond motifs is 1. The molecule has 28 heavy (non-hydrogen) atoms. The Balaban J connectivity index is 2.20. The van der Waals surface area contributed by atoms with E-state index in [0.29, 0.717) is 21.6 Å². The Morgan fingerprint density at radius 1 is 1.29 bits per heavy atom. The largest absolute Gasteiger partial charge is 0.406 e. The van der Waals surface area contributed by atoms with Crippen LogP contribution in [0.3, 0.4) is 0 Å². The van der Waals surface area contributed by atoms with Crippen molar-refractivity contribution < 1.29 is 18.0 Å². The Morgan fingerprint density at radius 2 is 1.96 bits per heavy atom. The van der Waals surface area contributed by atoms with Crippen LogP contribution >= 0.6 is 11.3 Å². The van der Waals surface area contributed by atoms with Crippen LogP contribution in [0.2, 0.25) is 0 Å². The molecule has 3 aromatic heterocycles. The van der Waals surface area contributed by atoms with Crippen molar-refractivity contribution in [1.82, 2.24) is 19.7 Å². The lowest BCUT2D eigenvalue weighted by Gasteiger charge is -2.19. The van der Waals surface area contributed by atoms with Crippen molar-refractivity contribution in [2.45, 2.75) is 39.9 Å². The molecule has 0 aliphatic heterocycles. The first-order valence-electron chi connectivity index (χ1n) is 8.76. The minimum absolute atomic E-state index is 0.0126. The van der Waals surface area contributed by atoms with Crippen molar-refractivity contribution in [3.05, 3.63) is 33.6 Å². The highest BCUT2D eigenvalue weighted by Crippen LogP contribution is 2.33. The summed E-state index contributed by atoms with van der Waals surface area (Å²) in [5.41, 5.74) is 2.08. The maximum atomic E-state index is 12.9. The summed E-state index contributed by atoms with van der Waals surface area (Å²) in [6.45, 7) is 6.47. The fraction of sp³-hybridized carbons (Fsp3) is 0.421. The highest BCUT2D eigenvalue weighted by Gasteiger charge is 2.32. The molecule has 3 rings (SSSR count). The quantitative estimate of drug-likeness (QED) is 0.609. The van der Waals surface area contributed by atoms with Gasteiger partial charge in [-0.1, -0.05) is 0 Å². The molecule has 0 spiro atoms. The van der Waals surface area contributed by atoms with Crippen LogP contribution in [0, 0.1) is 13.8 Å². The Labute approximate surface area is 164 Å². The highest BCUT2D eigenvalue weighted by atomic mass is 32.1. The summed E-state index contributed by atoms with van der Waals surface area (Å²) in [6.07, 6.45) is -2.98. The Kier molecular flexibility index (Phi) is 5.22. The van der Waals surface area contributed by atoms with Crippen LogP contribution in [0.1, 0.15) is 40.0 Å². The third-order valence-electron chi connectivity index (χ3n) is 4.37. The first-order chi connectivity index (χ1) is 13.0. The van der Waals surface area contributed by atoms with Crippen LogP contribution in [-0.2, 0) is 0 Å². The molecule has 0 aromatic carbocycles. The lowest BCUT2D eigenvalue weighted by Crippen LogP contribution is -2.36. The molecule has 0 unspecified atom stereocenters. The number of amides is 1. The number of pyridine rings is 1. The summed E-state index contributed by atoms with van der Waals surface area (Å²) >= 11 is 1.60. The van der Waals surface area contributed by atoms with E-state index < -0.39 is 18.6 Å². The summed E-state index contributed by atoms with van der Waals surface area (Å²) in [7, 11) is 1.15. The molecule has 0 atom stereocenters. The SMILES string of the molecule is Cc1cc(-c2cc(C(=O)N(C)CC(F)(F)F)c3cnn(C(C)C)c3n2)c(C)s1. The summed E-state index contributed by atoms with van der Waals surface area (Å²) in [6, 6.07) is 3.53. The summed E-state index contributed by atoms with van der Waals surface area (Å²) in [4.78, 5) is 20.3. The third kappa shape index (κ3) is 3.89. The minimum atomic E-state index is -4.47. The number of rotatable bonds is 4. The van der Waals surface area contributed by atoms with E-state index in [2.05, 4.69) is 5.10 Å². The molecule has 1 amide bonds. The first kappa shape index (κ1) is 20.3. The minimum Gasteiger partial charge on any atom is -0.333 e. The van der Waals surface area contributed by atoms with Crippen LogP contribution in [-0.4, -0.2) is 45.3 Å². The highest BCUT2D eigenvalue weighted by molar-refractivity contribution is 7.12. The van der Waals surface area contributed by atoms with Gasteiger partial charge in [-0.2, -0.15) is 18.3 Å². The molecular weight excluding hydrogens is 389 g/mol. The lowest BCUT2D eigenvalue weighted by atomic mass is 10.1. The Hall–Kier alpha value is -2.42. The molecule has 3 heterocycles. The molecule has 0 aliphatic rings. The number of nitrogens with zero attached hydrogens (tertiary/aromatic N) is 4. The number of thiophene rings is 1. The fourth-order valence-corrected chi connectivity index (χ4v) is 4.08. The summed E-state index contributed by atoms with van der Waals surface area (Å²) in [5, 5.41) is 4.74. The number of aromatic nitrogens is 3. The van der Waals surface area contributed by atoms with Gasteiger partial charge in [0.1, 0.15) is 6.54 Å². The number of hydrogen-bond donors (Lipinski definition) is 0. The average molecular weight is 410 g/mol. The van der Waals surface area contributed by atoms with E-state index in [-0.39, 0.29) is 11.6 Å². The molecule has 0 saturated carbocycles. The second-order valence-corrected chi connectivity index (χ2v) is 8.54. The van der Waals surface area contributed by atoms with E-state index in [1.165, 1.54) is 6.20 Å². The molecule has 0 bridgehead atoms. The number of halogens is 3. The van der Waals surface area contributed by atoms with Crippen LogP contribution < -0.4 is 0 Å². The van der Waals surface area contributed by atoms with E-state index in [1.54, 1.807) is 22.1 Å². The molecule has 0 saturated heterocycles. The smallest absolute Gasteiger partial charge is 0.333 e. The van der Waals surface area contributed by atoms with Crippen molar-refractivity contribution in [3.8, 4) is 11.3 Å². The van der Waals surface area contributed by atoms with Gasteiger partial charge in [0.15, 0.2) is 5.65 Å². The van der Waals surface area contributed by atoms with E-state index in [9.17, 15) is 18.0 Å². The van der Waals surface area contributed by atoms with Crippen molar-refractivity contribution in [2.24, 2.45) is 0 Å². The molecule has 150 valence electrons. The van der Waals surface area contributed by atoms with Crippen molar-refractivity contribution >= 4 is 28.3 Å². The molecular formula is C19H21F3N4OS. The third-order valence-corrected chi connectivity index (χ3v) is 5.33. The van der Waals surface area contributed by atoms with Gasteiger partial charge in [0, 0.05) is 28.4 Å². The standard InChI is InChI=1S/C19H21F3N4OS/c1-10(2)26-17-15(8-23-26)14(18(27)25(5)9-19(20,21)22)7-16(24-17)13-6-11(3)28-12(13)4/h6-8,10H,9H2,1-5H3. The number of alkyl halides is 3. The predicted octanol–water partition coefficient (Wildman–Crippen LogP) is 4.99. The number of aryl methyl sites for hydroxylation is 2. The molecule has 3 aromatic rings. The van der Waals surface area contributed by atoms with Gasteiger partial charge < -0.3 is 4.90 Å². The molecule has 0 aliphatic carbocycles. The van der Waals surface area contributed by atoms with Gasteiger partial charge >= 0.3 is 6.18 Å². The number of hydrogen-bond acceptors (Lipinski definition) is 4. The summed E-state index contributed by atoms with van der Waals surface area (Å²) in [5.74, 6) is -0.709. The Morgan fingerprint density at radius 3 is 2.50 bits per heavy atom. The lowest BCUT2D eigenvalue weighted by molar-refractivity contribution is -0.138. The topological polar surface area (TPSA) is 51.0 Å². The molecule has 5 nitrogen and oxygen atoms in total. The zero-order chi connectivity index (χ0) is 20.8. The fourth-order valence-electron chi connectivity index (χ4n) is 3.14. The molecule has 0 radical (unpaired) electrons. The van der Waals surface area contributed by atoms with Crippen molar-refractivity contribution in [3.63, 3.8) is 0 Å². The molecule has 0 N–H and O–H groups in total. The van der Waals surface area contributed by atoms with Crippen molar-refractivity contribution in [2.75, 3.05) is 13.6 Å². The van der Waals surface area contributed by atoms with Gasteiger partial charge in [0.2, 0.25) is 0 Å². The van der Waals surface area contributed by atoms with E-state index in [0.717, 1.165) is 22.4 Å². The van der Waals surface area contributed by atoms with E-state index in [4.69, 9.17) is 4.98 Å². The normalized spacial score (nSPS) is 12.2. The van der Waals surface area contributed by atoms with Crippen LogP contribution in [0.15, 0.2) is 18.3 Å². The van der Waals surface area contributed by atoms with E-state index in [1.807, 2.05) is 33.8 Å². The maximum absolute atomic E-state index is 12.9. The molecule has 0 fully saturated rings. The Bertz CT molecular complexity index is 1040. The van der Waals surface area contributed by atoms with Gasteiger partial charge in [-0.3, -0.25) is 4.79 Å². The van der Waals surface area contributed by atoms with Gasteiger partial charge in [-0.05, 0) is 39.8 Å². The van der Waals surface area contributed by atoms with Gasteiger partial charge in [-0.25, -0.2) is 9.67 Å². The number of carbonyl (C=O) groups excluding carboxylic acids is 1. The average Bonchev–Trinajstić information content (AvgIpc) is 3.14. The van der Waals surface area contributed by atoms with Gasteiger partial charge in [-0.15, -0.1) is 11.3 Å². The second kappa shape index (κ2) is 7.20. The zero-order valence-corrected chi connectivity index (χ0v) is 17.1. The van der Waals surface area contributed by atoms with Gasteiger partial charge in [0.05, 0.1) is 22.8 Å².